The lowest BCUT2D eigenvalue weighted by molar-refractivity contribution is -0.124. The summed E-state index contributed by atoms with van der Waals surface area (Å²) in [5.74, 6) is 2.34. The number of amides is 3. The lowest BCUT2D eigenvalue weighted by Crippen LogP contribution is -2.49. The molecule has 9 heteroatoms. The van der Waals surface area contributed by atoms with E-state index in [4.69, 9.17) is 10.7 Å². The van der Waals surface area contributed by atoms with Gasteiger partial charge in [0.15, 0.2) is 0 Å². The first kappa shape index (κ1) is 25.4. The third kappa shape index (κ3) is 4.60. The molecule has 1 aromatic rings. The number of rotatable bonds is 5. The maximum atomic E-state index is 13.5. The van der Waals surface area contributed by atoms with Crippen molar-refractivity contribution in [2.24, 2.45) is 22.6 Å². The Morgan fingerprint density at radius 3 is 2.36 bits per heavy atom. The van der Waals surface area contributed by atoms with Gasteiger partial charge in [-0.05, 0) is 80.7 Å². The minimum atomic E-state index is -1.09. The van der Waals surface area contributed by atoms with Gasteiger partial charge in [0.05, 0.1) is 16.2 Å². The first-order valence-corrected chi connectivity index (χ1v) is 14.5. The Balaban J connectivity index is 1.22. The molecule has 1 spiro atoms. The second-order valence-corrected chi connectivity index (χ2v) is 13.1. The number of nitrogens with one attached hydrogen (secondary N) is 1. The van der Waals surface area contributed by atoms with E-state index in [0.29, 0.717) is 31.8 Å². The molecular weight excluding hydrogens is 474 g/mol. The van der Waals surface area contributed by atoms with Crippen LogP contribution in [0.4, 0.5) is 10.5 Å². The Bertz CT molecular complexity index is 1100. The Kier molecular flexibility index (Phi) is 6.74. The van der Waals surface area contributed by atoms with Gasteiger partial charge in [0.25, 0.3) is 5.91 Å². The standard InChI is InChI=1S/C27H39N5O3S/c1-16-5-7-19(8-6-16)24-29-25(33)27(30-24)9-11-32(12-10-27)36(35)22-15-21(22)23-17(2)13-20(14-18(23)3)31(4)26(28)34/h13-14,16,19,21-22H,5-12,15H2,1-4H3,(H2,28,34)(H,29,30,33). The van der Waals surface area contributed by atoms with Crippen LogP contribution in [0, 0.1) is 25.7 Å². The van der Waals surface area contributed by atoms with Crippen LogP contribution in [0.1, 0.15) is 74.5 Å². The SMILES string of the molecule is Cc1cc(N(C)C(N)=O)cc(C)c1C1CC1S(=O)N1CCC2(CC1)N=C(C1CCC(C)CC1)NC2=O. The lowest BCUT2D eigenvalue weighted by atomic mass is 9.82. The zero-order valence-electron chi connectivity index (χ0n) is 21.9. The summed E-state index contributed by atoms with van der Waals surface area (Å²) in [4.78, 5) is 31.0. The molecule has 8 nitrogen and oxygen atoms in total. The van der Waals surface area contributed by atoms with Crippen molar-refractivity contribution in [3.63, 3.8) is 0 Å². The van der Waals surface area contributed by atoms with Crippen LogP contribution in [0.15, 0.2) is 17.1 Å². The van der Waals surface area contributed by atoms with Gasteiger partial charge in [-0.15, -0.1) is 0 Å². The van der Waals surface area contributed by atoms with Gasteiger partial charge in [0.1, 0.15) is 11.4 Å². The third-order valence-corrected chi connectivity index (χ3v) is 10.8. The van der Waals surface area contributed by atoms with E-state index in [2.05, 4.69) is 16.5 Å². The van der Waals surface area contributed by atoms with Crippen molar-refractivity contribution in [1.82, 2.24) is 9.62 Å². The molecule has 3 unspecified atom stereocenters. The summed E-state index contributed by atoms with van der Waals surface area (Å²) in [6.45, 7) is 7.65. The van der Waals surface area contributed by atoms with Crippen molar-refractivity contribution in [2.45, 2.75) is 82.4 Å². The van der Waals surface area contributed by atoms with Gasteiger partial charge in [0.2, 0.25) is 0 Å². The molecule has 196 valence electrons. The van der Waals surface area contributed by atoms with Crippen LogP contribution in [0.2, 0.25) is 0 Å². The molecule has 2 heterocycles. The molecular formula is C27H39N5O3S. The van der Waals surface area contributed by atoms with E-state index in [1.54, 1.807) is 7.05 Å². The number of piperidine rings is 1. The average Bonchev–Trinajstić information content (AvgIpc) is 3.56. The fourth-order valence-electron chi connectivity index (χ4n) is 6.39. The number of anilines is 1. The van der Waals surface area contributed by atoms with Crippen molar-refractivity contribution in [1.29, 1.82) is 0 Å². The predicted octanol–water partition coefficient (Wildman–Crippen LogP) is 3.53. The predicted molar refractivity (Wildman–Crippen MR) is 143 cm³/mol. The molecule has 3 fully saturated rings. The van der Waals surface area contributed by atoms with Crippen molar-refractivity contribution in [2.75, 3.05) is 25.0 Å². The first-order valence-electron chi connectivity index (χ1n) is 13.3. The Morgan fingerprint density at radius 1 is 1.17 bits per heavy atom. The highest BCUT2D eigenvalue weighted by atomic mass is 32.2. The number of primary amides is 1. The number of benzene rings is 1. The summed E-state index contributed by atoms with van der Waals surface area (Å²) in [5, 5.41) is 3.22. The van der Waals surface area contributed by atoms with Crippen molar-refractivity contribution >= 4 is 34.4 Å². The highest BCUT2D eigenvalue weighted by Crippen LogP contribution is 2.49. The van der Waals surface area contributed by atoms with Crippen LogP contribution in [0.5, 0.6) is 0 Å². The van der Waals surface area contributed by atoms with Gasteiger partial charge in [-0.3, -0.25) is 14.7 Å². The Hall–Kier alpha value is -2.26. The molecule has 1 aromatic carbocycles. The fraction of sp³-hybridized carbons (Fsp3) is 0.667. The summed E-state index contributed by atoms with van der Waals surface area (Å²) >= 11 is 0. The van der Waals surface area contributed by atoms with Gasteiger partial charge in [-0.25, -0.2) is 13.3 Å². The van der Waals surface area contributed by atoms with E-state index in [0.717, 1.165) is 47.8 Å². The van der Waals surface area contributed by atoms with Crippen LogP contribution in [0.3, 0.4) is 0 Å². The summed E-state index contributed by atoms with van der Waals surface area (Å²) in [6.07, 6.45) is 6.75. The largest absolute Gasteiger partial charge is 0.351 e. The monoisotopic (exact) mass is 513 g/mol. The van der Waals surface area contributed by atoms with E-state index in [9.17, 15) is 13.8 Å². The molecule has 2 saturated carbocycles. The number of nitrogens with two attached hydrogens (primary N) is 1. The van der Waals surface area contributed by atoms with Crippen molar-refractivity contribution in [3.05, 3.63) is 28.8 Å². The summed E-state index contributed by atoms with van der Waals surface area (Å²) < 4.78 is 15.5. The summed E-state index contributed by atoms with van der Waals surface area (Å²) in [6, 6.07) is 3.48. The van der Waals surface area contributed by atoms with Gasteiger partial charge in [-0.2, -0.15) is 0 Å². The van der Waals surface area contributed by atoms with Crippen LogP contribution in [-0.4, -0.2) is 57.2 Å². The minimum absolute atomic E-state index is 0.0399. The van der Waals surface area contributed by atoms with Crippen LogP contribution in [-0.2, 0) is 15.8 Å². The smallest absolute Gasteiger partial charge is 0.318 e. The Labute approximate surface area is 216 Å². The molecule has 4 aliphatic rings. The quantitative estimate of drug-likeness (QED) is 0.629. The van der Waals surface area contributed by atoms with E-state index >= 15 is 0 Å². The highest BCUT2D eigenvalue weighted by molar-refractivity contribution is 7.83. The maximum Gasteiger partial charge on any atom is 0.318 e. The second-order valence-electron chi connectivity index (χ2n) is 11.4. The second kappa shape index (κ2) is 9.56. The summed E-state index contributed by atoms with van der Waals surface area (Å²) in [7, 11) is 0.576. The Morgan fingerprint density at radius 2 is 1.78 bits per heavy atom. The molecule has 3 N–H and O–H groups in total. The number of carbonyl (C=O) groups excluding carboxylic acids is 2. The normalized spacial score (nSPS) is 30.6. The number of hydrogen-bond donors (Lipinski definition) is 2. The molecule has 1 saturated heterocycles. The minimum Gasteiger partial charge on any atom is -0.351 e. The van der Waals surface area contributed by atoms with Crippen molar-refractivity contribution in [3.8, 4) is 0 Å². The lowest BCUT2D eigenvalue weighted by Gasteiger charge is -2.34. The van der Waals surface area contributed by atoms with Gasteiger partial charge < -0.3 is 11.1 Å². The molecule has 3 atom stereocenters. The molecule has 0 bridgehead atoms. The number of amidine groups is 1. The van der Waals surface area contributed by atoms with E-state index in [-0.39, 0.29) is 17.1 Å². The highest BCUT2D eigenvalue weighted by Gasteiger charge is 2.51. The van der Waals surface area contributed by atoms with Gasteiger partial charge >= 0.3 is 6.03 Å². The molecule has 2 aliphatic heterocycles. The zero-order chi connectivity index (χ0) is 25.8. The molecule has 0 radical (unpaired) electrons. The number of aryl methyl sites for hydroxylation is 2. The van der Waals surface area contributed by atoms with Gasteiger partial charge in [-0.1, -0.05) is 19.8 Å². The number of hydrogen-bond acceptors (Lipinski definition) is 4. The van der Waals surface area contributed by atoms with E-state index in [1.165, 1.54) is 23.3 Å². The topological polar surface area (TPSA) is 108 Å². The van der Waals surface area contributed by atoms with Crippen molar-refractivity contribution < 1.29 is 13.8 Å². The number of urea groups is 1. The van der Waals surface area contributed by atoms with Crippen LogP contribution < -0.4 is 16.0 Å². The van der Waals surface area contributed by atoms with Crippen LogP contribution >= 0.6 is 0 Å². The van der Waals surface area contributed by atoms with Crippen LogP contribution in [0.25, 0.3) is 0 Å². The van der Waals surface area contributed by atoms with E-state index < -0.39 is 22.6 Å². The maximum absolute atomic E-state index is 13.5. The summed E-state index contributed by atoms with van der Waals surface area (Å²) in [5.41, 5.74) is 8.97. The molecule has 2 aliphatic carbocycles. The fourth-order valence-corrected chi connectivity index (χ4v) is 8.11. The zero-order valence-corrected chi connectivity index (χ0v) is 22.7. The number of nitrogens with zero attached hydrogens (tertiary/aromatic N) is 3. The number of aliphatic imine (C=N–C) groups is 1. The molecule has 5 rings (SSSR count). The third-order valence-electron chi connectivity index (χ3n) is 8.86. The molecule has 0 aromatic heterocycles. The average molecular weight is 514 g/mol. The van der Waals surface area contributed by atoms with Gasteiger partial charge in [0, 0.05) is 37.7 Å². The molecule has 3 amide bonds. The first-order chi connectivity index (χ1) is 17.1. The van der Waals surface area contributed by atoms with E-state index in [1.807, 2.05) is 26.0 Å². The number of carbonyl (C=O) groups is 2. The molecule has 36 heavy (non-hydrogen) atoms.